The highest BCUT2D eigenvalue weighted by Gasteiger charge is 2.44. The molecule has 4 rings (SSSR count). The number of rotatable bonds is 4. The zero-order chi connectivity index (χ0) is 15.9. The third kappa shape index (κ3) is 1.97. The minimum absolute atomic E-state index is 0.409. The van der Waals surface area contributed by atoms with E-state index in [9.17, 15) is 4.79 Å². The molecule has 114 valence electrons. The van der Waals surface area contributed by atoms with Crippen molar-refractivity contribution in [1.29, 1.82) is 0 Å². The van der Waals surface area contributed by atoms with E-state index in [2.05, 4.69) is 21.7 Å². The maximum atomic E-state index is 11.1. The molecule has 0 saturated carbocycles. The lowest BCUT2D eigenvalue weighted by molar-refractivity contribution is -0.108. The molecule has 1 aromatic heterocycles. The van der Waals surface area contributed by atoms with E-state index in [1.165, 1.54) is 5.56 Å². The van der Waals surface area contributed by atoms with Crippen LogP contribution in [0.3, 0.4) is 0 Å². The normalized spacial score (nSPS) is 18.5. The van der Waals surface area contributed by atoms with Gasteiger partial charge in [0.15, 0.2) is 0 Å². The van der Waals surface area contributed by atoms with Crippen LogP contribution >= 0.6 is 11.6 Å². The van der Waals surface area contributed by atoms with Gasteiger partial charge in [0.25, 0.3) is 0 Å². The Hall–Kier alpha value is -2.39. The van der Waals surface area contributed by atoms with Crippen LogP contribution < -0.4 is 0 Å². The van der Waals surface area contributed by atoms with E-state index in [0.29, 0.717) is 17.9 Å². The predicted molar refractivity (Wildman–Crippen MR) is 90.6 cm³/mol. The van der Waals surface area contributed by atoms with Gasteiger partial charge in [0.1, 0.15) is 12.1 Å². The topological polar surface area (TPSA) is 34.9 Å². The lowest BCUT2D eigenvalue weighted by Gasteiger charge is -2.33. The van der Waals surface area contributed by atoms with E-state index in [-0.39, 0.29) is 0 Å². The zero-order valence-electron chi connectivity index (χ0n) is 12.4. The van der Waals surface area contributed by atoms with Crippen molar-refractivity contribution < 1.29 is 4.79 Å². The summed E-state index contributed by atoms with van der Waals surface area (Å²) in [7, 11) is 0. The average molecular weight is 323 g/mol. The van der Waals surface area contributed by atoms with Crippen LogP contribution in [-0.4, -0.2) is 15.8 Å². The lowest BCUT2D eigenvalue weighted by atomic mass is 9.79. The molecule has 0 N–H and O–H groups in total. The largest absolute Gasteiger partial charge is 0.317 e. The molecule has 1 atom stereocenters. The Balaban J connectivity index is 2.03. The van der Waals surface area contributed by atoms with E-state index in [4.69, 9.17) is 11.6 Å². The number of aromatic nitrogens is 2. The lowest BCUT2D eigenvalue weighted by Crippen LogP contribution is -2.33. The van der Waals surface area contributed by atoms with Gasteiger partial charge in [-0.3, -0.25) is 0 Å². The van der Waals surface area contributed by atoms with E-state index in [1.54, 1.807) is 0 Å². The van der Waals surface area contributed by atoms with Gasteiger partial charge in [-0.2, -0.15) is 0 Å². The summed E-state index contributed by atoms with van der Waals surface area (Å²) >= 11 is 6.07. The second-order valence-electron chi connectivity index (χ2n) is 5.74. The van der Waals surface area contributed by atoms with Gasteiger partial charge in [-0.25, -0.2) is 4.98 Å². The highest BCUT2D eigenvalue weighted by Crippen LogP contribution is 2.49. The molecule has 3 nitrogen and oxygen atoms in total. The molecular weight excluding hydrogens is 308 g/mol. The van der Waals surface area contributed by atoms with Crippen molar-refractivity contribution in [2.24, 2.45) is 0 Å². The Kier molecular flexibility index (Phi) is 3.31. The number of aldehydes is 1. The number of hydrogen-bond donors (Lipinski definition) is 0. The van der Waals surface area contributed by atoms with Crippen LogP contribution in [0.15, 0.2) is 60.9 Å². The van der Waals surface area contributed by atoms with Crippen molar-refractivity contribution in [2.75, 3.05) is 0 Å². The van der Waals surface area contributed by atoms with Gasteiger partial charge in [-0.15, -0.1) is 0 Å². The average Bonchev–Trinajstić information content (AvgIpc) is 3.15. The summed E-state index contributed by atoms with van der Waals surface area (Å²) in [5.74, 6) is 0.946. The Morgan fingerprint density at radius 3 is 2.70 bits per heavy atom. The van der Waals surface area contributed by atoms with Crippen molar-refractivity contribution in [3.63, 3.8) is 0 Å². The Morgan fingerprint density at radius 2 is 1.91 bits per heavy atom. The van der Waals surface area contributed by atoms with E-state index < -0.39 is 5.54 Å². The molecule has 2 heterocycles. The van der Waals surface area contributed by atoms with Crippen LogP contribution in [0.2, 0.25) is 5.02 Å². The van der Waals surface area contributed by atoms with Gasteiger partial charge in [0.05, 0.1) is 5.54 Å². The molecule has 2 aromatic carbocycles. The van der Waals surface area contributed by atoms with Gasteiger partial charge in [-0.1, -0.05) is 48.0 Å². The number of imidazole rings is 1. The van der Waals surface area contributed by atoms with Gasteiger partial charge >= 0.3 is 0 Å². The smallest absolute Gasteiger partial charge is 0.141 e. The maximum Gasteiger partial charge on any atom is 0.141 e. The quantitative estimate of drug-likeness (QED) is 0.672. The number of halogens is 1. The first-order chi connectivity index (χ1) is 11.3. The van der Waals surface area contributed by atoms with Crippen LogP contribution in [0.25, 0.3) is 11.4 Å². The first-order valence-corrected chi connectivity index (χ1v) is 7.98. The fraction of sp³-hybridized carbons (Fsp3) is 0.158. The molecule has 0 saturated heterocycles. The minimum atomic E-state index is -0.409. The van der Waals surface area contributed by atoms with E-state index in [0.717, 1.165) is 23.2 Å². The molecule has 0 aliphatic carbocycles. The molecule has 0 fully saturated rings. The first kappa shape index (κ1) is 14.2. The van der Waals surface area contributed by atoms with Crippen molar-refractivity contribution in [3.8, 4) is 11.4 Å². The Labute approximate surface area is 139 Å². The zero-order valence-corrected chi connectivity index (χ0v) is 13.2. The summed E-state index contributed by atoms with van der Waals surface area (Å²) in [6, 6.07) is 16.2. The maximum absolute atomic E-state index is 11.1. The number of hydrogen-bond acceptors (Lipinski definition) is 2. The molecule has 0 spiro atoms. The fourth-order valence-corrected chi connectivity index (χ4v) is 3.79. The number of fused-ring (bicyclic) bond motifs is 3. The molecule has 4 heteroatoms. The number of carbonyl (C=O) groups excluding carboxylic acids is 1. The second kappa shape index (κ2) is 5.36. The highest BCUT2D eigenvalue weighted by atomic mass is 35.5. The Bertz CT molecular complexity index is 869. The molecule has 3 aromatic rings. The van der Waals surface area contributed by atoms with Crippen molar-refractivity contribution in [3.05, 3.63) is 77.1 Å². The van der Waals surface area contributed by atoms with E-state index in [1.807, 2.05) is 48.8 Å². The van der Waals surface area contributed by atoms with Gasteiger partial charge in [0, 0.05) is 29.4 Å². The monoisotopic (exact) mass is 322 g/mol. The molecule has 0 bridgehead atoms. The fourth-order valence-electron chi connectivity index (χ4n) is 3.67. The molecule has 1 aliphatic heterocycles. The first-order valence-electron chi connectivity index (χ1n) is 7.61. The third-order valence-electron chi connectivity index (χ3n) is 4.61. The summed E-state index contributed by atoms with van der Waals surface area (Å²) in [4.78, 5) is 15.6. The molecular formula is C19H15ClN2O. The van der Waals surface area contributed by atoms with Gasteiger partial charge in [-0.05, 0) is 29.7 Å². The van der Waals surface area contributed by atoms with Crippen LogP contribution in [0.5, 0.6) is 0 Å². The molecule has 1 aliphatic rings. The molecule has 1 unspecified atom stereocenters. The summed E-state index contributed by atoms with van der Waals surface area (Å²) in [5.41, 5.74) is 3.02. The summed E-state index contributed by atoms with van der Waals surface area (Å²) in [6.07, 6.45) is 5.97. The van der Waals surface area contributed by atoms with Crippen molar-refractivity contribution >= 4 is 17.9 Å². The minimum Gasteiger partial charge on any atom is -0.317 e. The molecule has 0 radical (unpaired) electrons. The van der Waals surface area contributed by atoms with Crippen LogP contribution in [-0.2, 0) is 10.3 Å². The Morgan fingerprint density at radius 1 is 1.13 bits per heavy atom. The second-order valence-corrected chi connectivity index (χ2v) is 6.18. The van der Waals surface area contributed by atoms with Crippen molar-refractivity contribution in [2.45, 2.75) is 18.4 Å². The molecule has 0 amide bonds. The third-order valence-corrected chi connectivity index (χ3v) is 4.86. The van der Waals surface area contributed by atoms with Crippen molar-refractivity contribution in [1.82, 2.24) is 9.55 Å². The summed E-state index contributed by atoms with van der Waals surface area (Å²) < 4.78 is 2.18. The standard InChI is InChI=1S/C19H15ClN2O/c20-15-8-6-14(7-9-15)19(10-3-13-23)17-5-2-1-4-16(17)18-21-11-12-22(18)19/h1-2,4-9,11-13H,3,10H2. The SMILES string of the molecule is O=CCCC1(c2ccc(Cl)cc2)c2ccccc2-c2nccn21. The number of carbonyl (C=O) groups is 1. The van der Waals surface area contributed by atoms with Crippen LogP contribution in [0.1, 0.15) is 24.0 Å². The predicted octanol–water partition coefficient (Wildman–Crippen LogP) is 4.29. The summed E-state index contributed by atoms with van der Waals surface area (Å²) in [6.45, 7) is 0. The van der Waals surface area contributed by atoms with Crippen LogP contribution in [0.4, 0.5) is 0 Å². The van der Waals surface area contributed by atoms with Crippen LogP contribution in [0, 0.1) is 0 Å². The van der Waals surface area contributed by atoms with Gasteiger partial charge < -0.3 is 9.36 Å². The van der Waals surface area contributed by atoms with Gasteiger partial charge in [0.2, 0.25) is 0 Å². The number of nitrogens with zero attached hydrogens (tertiary/aromatic N) is 2. The molecule has 23 heavy (non-hydrogen) atoms. The summed E-state index contributed by atoms with van der Waals surface area (Å²) in [5, 5.41) is 0.705. The van der Waals surface area contributed by atoms with E-state index >= 15 is 0 Å². The highest BCUT2D eigenvalue weighted by molar-refractivity contribution is 6.30. The number of benzene rings is 2.